The summed E-state index contributed by atoms with van der Waals surface area (Å²) in [5, 5.41) is 2.59. The molecule has 146 valence electrons. The minimum atomic E-state index is 0.772. The molecule has 2 aromatic carbocycles. The fourth-order valence-electron chi connectivity index (χ4n) is 3.54. The molecular formula is C24H32O2S. The van der Waals surface area contributed by atoms with Crippen molar-refractivity contribution in [3.8, 4) is 11.5 Å². The number of thiophene rings is 1. The van der Waals surface area contributed by atoms with Crippen molar-refractivity contribution in [2.75, 3.05) is 13.2 Å². The standard InChI is InChI=1S/C24H32O2S/c1-5-7-9-11-25-19-15-21-20-14-17(3)13-18(4)23(20)27-24(21)22(16-19)26-12-10-8-6-2/h13-16H,5-12H2,1-4H3. The Morgan fingerprint density at radius 2 is 1.41 bits per heavy atom. The van der Waals surface area contributed by atoms with E-state index in [9.17, 15) is 0 Å². The van der Waals surface area contributed by atoms with Gasteiger partial charge in [0.1, 0.15) is 11.5 Å². The molecular weight excluding hydrogens is 352 g/mol. The van der Waals surface area contributed by atoms with Crippen LogP contribution in [0.1, 0.15) is 63.5 Å². The van der Waals surface area contributed by atoms with Gasteiger partial charge < -0.3 is 9.47 Å². The van der Waals surface area contributed by atoms with Gasteiger partial charge in [-0.2, -0.15) is 0 Å². The maximum absolute atomic E-state index is 6.22. The van der Waals surface area contributed by atoms with Gasteiger partial charge in [0.15, 0.2) is 0 Å². The van der Waals surface area contributed by atoms with Crippen LogP contribution in [-0.2, 0) is 0 Å². The molecule has 0 fully saturated rings. The third-order valence-electron chi connectivity index (χ3n) is 4.96. The van der Waals surface area contributed by atoms with Crippen molar-refractivity contribution >= 4 is 31.5 Å². The van der Waals surface area contributed by atoms with Gasteiger partial charge >= 0.3 is 0 Å². The molecule has 0 spiro atoms. The molecule has 0 atom stereocenters. The van der Waals surface area contributed by atoms with E-state index in [1.54, 1.807) is 0 Å². The Morgan fingerprint density at radius 1 is 0.741 bits per heavy atom. The highest BCUT2D eigenvalue weighted by Gasteiger charge is 2.14. The molecule has 0 radical (unpaired) electrons. The Labute approximate surface area is 167 Å². The predicted octanol–water partition coefficient (Wildman–Crippen LogP) is 7.81. The van der Waals surface area contributed by atoms with Crippen LogP contribution in [0.5, 0.6) is 11.5 Å². The second-order valence-electron chi connectivity index (χ2n) is 7.47. The van der Waals surface area contributed by atoms with Gasteiger partial charge in [0.25, 0.3) is 0 Å². The number of hydrogen-bond acceptors (Lipinski definition) is 3. The molecule has 3 aromatic rings. The molecule has 0 unspecified atom stereocenters. The summed E-state index contributed by atoms with van der Waals surface area (Å²) < 4.78 is 14.9. The van der Waals surface area contributed by atoms with Crippen LogP contribution in [0.4, 0.5) is 0 Å². The number of unbranched alkanes of at least 4 members (excludes halogenated alkanes) is 4. The molecule has 0 aliphatic carbocycles. The van der Waals surface area contributed by atoms with Gasteiger partial charge in [-0.05, 0) is 44.4 Å². The van der Waals surface area contributed by atoms with Crippen molar-refractivity contribution in [1.29, 1.82) is 0 Å². The lowest BCUT2D eigenvalue weighted by atomic mass is 10.1. The van der Waals surface area contributed by atoms with Crippen LogP contribution in [0, 0.1) is 13.8 Å². The first-order valence-electron chi connectivity index (χ1n) is 10.4. The summed E-state index contributed by atoms with van der Waals surface area (Å²) >= 11 is 1.85. The molecule has 3 rings (SSSR count). The quantitative estimate of drug-likeness (QED) is 0.332. The molecule has 0 saturated carbocycles. The predicted molar refractivity (Wildman–Crippen MR) is 119 cm³/mol. The van der Waals surface area contributed by atoms with Gasteiger partial charge in [-0.15, -0.1) is 11.3 Å². The van der Waals surface area contributed by atoms with E-state index in [4.69, 9.17) is 9.47 Å². The fourth-order valence-corrected chi connectivity index (χ4v) is 4.74. The lowest BCUT2D eigenvalue weighted by Crippen LogP contribution is -2.00. The summed E-state index contributed by atoms with van der Waals surface area (Å²) in [6, 6.07) is 8.86. The molecule has 2 nitrogen and oxygen atoms in total. The molecule has 1 heterocycles. The van der Waals surface area contributed by atoms with Crippen molar-refractivity contribution in [2.45, 2.75) is 66.2 Å². The molecule has 0 saturated heterocycles. The van der Waals surface area contributed by atoms with Crippen molar-refractivity contribution in [3.05, 3.63) is 35.4 Å². The average molecular weight is 385 g/mol. The topological polar surface area (TPSA) is 18.5 Å². The lowest BCUT2D eigenvalue weighted by molar-refractivity contribution is 0.294. The Balaban J connectivity index is 1.99. The smallest absolute Gasteiger partial charge is 0.140 e. The van der Waals surface area contributed by atoms with Crippen molar-refractivity contribution < 1.29 is 9.47 Å². The first-order chi connectivity index (χ1) is 13.1. The van der Waals surface area contributed by atoms with E-state index in [0.717, 1.165) is 37.6 Å². The summed E-state index contributed by atoms with van der Waals surface area (Å²) in [5.74, 6) is 1.91. The zero-order valence-electron chi connectivity index (χ0n) is 17.2. The highest BCUT2D eigenvalue weighted by atomic mass is 32.1. The normalized spacial score (nSPS) is 11.4. The maximum atomic E-state index is 6.22. The van der Waals surface area contributed by atoms with Crippen molar-refractivity contribution in [2.24, 2.45) is 0 Å². The van der Waals surface area contributed by atoms with E-state index >= 15 is 0 Å². The Bertz CT molecular complexity index is 894. The number of rotatable bonds is 10. The molecule has 0 aliphatic heterocycles. The molecule has 27 heavy (non-hydrogen) atoms. The summed E-state index contributed by atoms with van der Waals surface area (Å²) in [5.41, 5.74) is 2.65. The molecule has 0 bridgehead atoms. The van der Waals surface area contributed by atoms with E-state index in [-0.39, 0.29) is 0 Å². The Kier molecular flexibility index (Phi) is 7.01. The van der Waals surface area contributed by atoms with Crippen LogP contribution < -0.4 is 9.47 Å². The van der Waals surface area contributed by atoms with Gasteiger partial charge in [-0.3, -0.25) is 0 Å². The Hall–Kier alpha value is -1.74. The monoisotopic (exact) mass is 384 g/mol. The number of ether oxygens (including phenoxy) is 2. The lowest BCUT2D eigenvalue weighted by Gasteiger charge is -2.11. The zero-order valence-corrected chi connectivity index (χ0v) is 18.0. The summed E-state index contributed by atoms with van der Waals surface area (Å²) in [6.45, 7) is 10.4. The first kappa shape index (κ1) is 20.0. The summed E-state index contributed by atoms with van der Waals surface area (Å²) in [6.07, 6.45) is 7.04. The van der Waals surface area contributed by atoms with E-state index in [1.165, 1.54) is 57.0 Å². The minimum Gasteiger partial charge on any atom is -0.493 e. The molecule has 0 N–H and O–H groups in total. The van der Waals surface area contributed by atoms with Crippen LogP contribution in [0.15, 0.2) is 24.3 Å². The molecule has 1 aromatic heterocycles. The van der Waals surface area contributed by atoms with E-state index in [1.807, 2.05) is 11.3 Å². The molecule has 0 amide bonds. The average Bonchev–Trinajstić information content (AvgIpc) is 3.01. The van der Waals surface area contributed by atoms with Gasteiger partial charge in [0.05, 0.1) is 17.9 Å². The number of benzene rings is 2. The highest BCUT2D eigenvalue weighted by Crippen LogP contribution is 2.43. The van der Waals surface area contributed by atoms with Crippen LogP contribution >= 0.6 is 11.3 Å². The number of fused-ring (bicyclic) bond motifs is 3. The van der Waals surface area contributed by atoms with E-state index < -0.39 is 0 Å². The largest absolute Gasteiger partial charge is 0.493 e. The summed E-state index contributed by atoms with van der Waals surface area (Å²) in [4.78, 5) is 0. The van der Waals surface area contributed by atoms with E-state index in [0.29, 0.717) is 0 Å². The molecule has 3 heteroatoms. The number of hydrogen-bond donors (Lipinski definition) is 0. The van der Waals surface area contributed by atoms with Gasteiger partial charge in [0.2, 0.25) is 0 Å². The number of aryl methyl sites for hydroxylation is 2. The third-order valence-corrected chi connectivity index (χ3v) is 6.33. The van der Waals surface area contributed by atoms with Crippen molar-refractivity contribution in [1.82, 2.24) is 0 Å². The fraction of sp³-hybridized carbons (Fsp3) is 0.500. The van der Waals surface area contributed by atoms with Gasteiger partial charge in [-0.1, -0.05) is 51.2 Å². The molecule has 0 aliphatic rings. The van der Waals surface area contributed by atoms with Gasteiger partial charge in [-0.25, -0.2) is 0 Å². The first-order valence-corrected chi connectivity index (χ1v) is 11.2. The van der Waals surface area contributed by atoms with Crippen LogP contribution in [-0.4, -0.2) is 13.2 Å². The SMILES string of the molecule is CCCCCOc1cc(OCCCCC)c2sc3c(C)cc(C)cc3c2c1. The van der Waals surface area contributed by atoms with Crippen molar-refractivity contribution in [3.63, 3.8) is 0 Å². The highest BCUT2D eigenvalue weighted by molar-refractivity contribution is 7.26. The third kappa shape index (κ3) is 4.76. The second kappa shape index (κ2) is 9.45. The summed E-state index contributed by atoms with van der Waals surface area (Å²) in [7, 11) is 0. The van der Waals surface area contributed by atoms with Gasteiger partial charge in [0, 0.05) is 21.5 Å². The zero-order chi connectivity index (χ0) is 19.2. The van der Waals surface area contributed by atoms with Crippen LogP contribution in [0.3, 0.4) is 0 Å². The minimum absolute atomic E-state index is 0.772. The van der Waals surface area contributed by atoms with Crippen LogP contribution in [0.2, 0.25) is 0 Å². The Morgan fingerprint density at radius 3 is 2.11 bits per heavy atom. The maximum Gasteiger partial charge on any atom is 0.140 e. The van der Waals surface area contributed by atoms with Crippen LogP contribution in [0.25, 0.3) is 20.2 Å². The van der Waals surface area contributed by atoms with E-state index in [2.05, 4.69) is 52.0 Å². The second-order valence-corrected chi connectivity index (χ2v) is 8.49.